The summed E-state index contributed by atoms with van der Waals surface area (Å²) < 4.78 is 0. The summed E-state index contributed by atoms with van der Waals surface area (Å²) in [5.74, 6) is 1.05. The van der Waals surface area contributed by atoms with E-state index in [1.54, 1.807) is 0 Å². The smallest absolute Gasteiger partial charge is 0.0180 e. The normalized spacial score (nSPS) is 29.8. The van der Waals surface area contributed by atoms with E-state index >= 15 is 0 Å². The van der Waals surface area contributed by atoms with Gasteiger partial charge in [-0.1, -0.05) is 32.1 Å². The molecule has 0 spiro atoms. The zero-order valence-corrected chi connectivity index (χ0v) is 9.96. The number of nitrogens with two attached hydrogens (primary N) is 1. The number of hydrogen-bond acceptors (Lipinski definition) is 2. The van der Waals surface area contributed by atoms with Crippen LogP contribution >= 0.6 is 0 Å². The van der Waals surface area contributed by atoms with Crippen molar-refractivity contribution in [1.82, 2.24) is 4.90 Å². The fraction of sp³-hybridized carbons (Fsp3) is 1.00. The molecule has 2 N–H and O–H groups in total. The third-order valence-corrected chi connectivity index (χ3v) is 4.12. The van der Waals surface area contributed by atoms with Crippen molar-refractivity contribution in [3.63, 3.8) is 0 Å². The Morgan fingerprint density at radius 2 is 1.87 bits per heavy atom. The topological polar surface area (TPSA) is 29.3 Å². The molecule has 1 unspecified atom stereocenters. The maximum Gasteiger partial charge on any atom is 0.0180 e. The molecule has 0 aromatic heterocycles. The highest BCUT2D eigenvalue weighted by molar-refractivity contribution is 4.77. The van der Waals surface area contributed by atoms with Crippen LogP contribution in [-0.4, -0.2) is 30.6 Å². The van der Waals surface area contributed by atoms with Crippen LogP contribution in [0, 0.1) is 5.92 Å². The summed E-state index contributed by atoms with van der Waals surface area (Å²) in [6, 6.07) is 0.458. The molecule has 1 aliphatic heterocycles. The van der Waals surface area contributed by atoms with Gasteiger partial charge in [-0.15, -0.1) is 0 Å². The van der Waals surface area contributed by atoms with Crippen LogP contribution in [0.4, 0.5) is 0 Å². The average molecular weight is 210 g/mol. The zero-order valence-electron chi connectivity index (χ0n) is 9.96. The van der Waals surface area contributed by atoms with Crippen molar-refractivity contribution < 1.29 is 0 Å². The van der Waals surface area contributed by atoms with Crippen LogP contribution in [0.3, 0.4) is 0 Å². The fourth-order valence-electron chi connectivity index (χ4n) is 3.15. The lowest BCUT2D eigenvalue weighted by Gasteiger charge is -2.22. The van der Waals surface area contributed by atoms with Crippen molar-refractivity contribution >= 4 is 0 Å². The highest BCUT2D eigenvalue weighted by Gasteiger charge is 2.19. The zero-order chi connectivity index (χ0) is 10.5. The van der Waals surface area contributed by atoms with Crippen molar-refractivity contribution in [3.8, 4) is 0 Å². The molecule has 1 aliphatic carbocycles. The fourth-order valence-corrected chi connectivity index (χ4v) is 3.15. The lowest BCUT2D eigenvalue weighted by molar-refractivity contribution is 0.284. The van der Waals surface area contributed by atoms with Gasteiger partial charge in [-0.3, -0.25) is 0 Å². The second kappa shape index (κ2) is 5.86. The van der Waals surface area contributed by atoms with E-state index in [0.717, 1.165) is 12.5 Å². The molecule has 2 fully saturated rings. The first-order valence-electron chi connectivity index (χ1n) is 6.82. The summed E-state index contributed by atoms with van der Waals surface area (Å²) >= 11 is 0. The van der Waals surface area contributed by atoms with Gasteiger partial charge in [0.05, 0.1) is 0 Å². The second-order valence-corrected chi connectivity index (χ2v) is 5.50. The number of rotatable bonds is 4. The van der Waals surface area contributed by atoms with Gasteiger partial charge in [0.1, 0.15) is 0 Å². The quantitative estimate of drug-likeness (QED) is 0.772. The van der Waals surface area contributed by atoms with Crippen molar-refractivity contribution in [2.45, 2.75) is 57.4 Å². The monoisotopic (exact) mass is 210 g/mol. The maximum absolute atomic E-state index is 5.90. The Morgan fingerprint density at radius 3 is 2.53 bits per heavy atom. The molecule has 2 aliphatic rings. The molecule has 2 rings (SSSR count). The Balaban J connectivity index is 1.54. The first-order valence-corrected chi connectivity index (χ1v) is 6.82. The van der Waals surface area contributed by atoms with E-state index in [1.807, 2.05) is 0 Å². The second-order valence-electron chi connectivity index (χ2n) is 5.50. The maximum atomic E-state index is 5.90. The molecule has 2 nitrogen and oxygen atoms in total. The third kappa shape index (κ3) is 3.76. The number of hydrogen-bond donors (Lipinski definition) is 1. The van der Waals surface area contributed by atoms with Gasteiger partial charge in [0, 0.05) is 12.6 Å². The molecule has 1 heterocycles. The van der Waals surface area contributed by atoms with Gasteiger partial charge >= 0.3 is 0 Å². The highest BCUT2D eigenvalue weighted by Crippen LogP contribution is 2.27. The van der Waals surface area contributed by atoms with Gasteiger partial charge in [-0.2, -0.15) is 0 Å². The Morgan fingerprint density at radius 1 is 1.07 bits per heavy atom. The van der Waals surface area contributed by atoms with E-state index in [-0.39, 0.29) is 0 Å². The van der Waals surface area contributed by atoms with E-state index in [4.69, 9.17) is 5.73 Å². The van der Waals surface area contributed by atoms with E-state index < -0.39 is 0 Å². The summed E-state index contributed by atoms with van der Waals surface area (Å²) in [7, 11) is 0. The van der Waals surface area contributed by atoms with E-state index in [9.17, 15) is 0 Å². The molecule has 0 aromatic carbocycles. The average Bonchev–Trinajstić information content (AvgIpc) is 2.66. The standard InChI is InChI=1S/C13H26N2/c14-13-8-10-15(11-13)9-4-7-12-5-2-1-3-6-12/h12-13H,1-11,14H2. The van der Waals surface area contributed by atoms with E-state index in [1.165, 1.54) is 64.5 Å². The largest absolute Gasteiger partial charge is 0.326 e. The van der Waals surface area contributed by atoms with Crippen molar-refractivity contribution in [1.29, 1.82) is 0 Å². The van der Waals surface area contributed by atoms with Gasteiger partial charge in [0.25, 0.3) is 0 Å². The molecule has 1 saturated carbocycles. The molecule has 0 bridgehead atoms. The first-order chi connectivity index (χ1) is 7.34. The summed E-state index contributed by atoms with van der Waals surface area (Å²) in [6.07, 6.45) is 11.5. The first kappa shape index (κ1) is 11.4. The molecule has 15 heavy (non-hydrogen) atoms. The minimum absolute atomic E-state index is 0.458. The Hall–Kier alpha value is -0.0800. The number of nitrogens with zero attached hydrogens (tertiary/aromatic N) is 1. The van der Waals surface area contributed by atoms with Gasteiger partial charge in [0.2, 0.25) is 0 Å². The van der Waals surface area contributed by atoms with Gasteiger partial charge in [0.15, 0.2) is 0 Å². The molecule has 2 heteroatoms. The van der Waals surface area contributed by atoms with Gasteiger partial charge in [-0.25, -0.2) is 0 Å². The van der Waals surface area contributed by atoms with Gasteiger partial charge < -0.3 is 10.6 Å². The Labute approximate surface area is 94.2 Å². The van der Waals surface area contributed by atoms with Crippen LogP contribution in [0.5, 0.6) is 0 Å². The third-order valence-electron chi connectivity index (χ3n) is 4.12. The van der Waals surface area contributed by atoms with Crippen LogP contribution in [0.2, 0.25) is 0 Å². The Bertz CT molecular complexity index is 171. The summed E-state index contributed by atoms with van der Waals surface area (Å²) in [5.41, 5.74) is 5.90. The summed E-state index contributed by atoms with van der Waals surface area (Å²) in [6.45, 7) is 3.68. The summed E-state index contributed by atoms with van der Waals surface area (Å²) in [4.78, 5) is 2.55. The van der Waals surface area contributed by atoms with Gasteiger partial charge in [-0.05, 0) is 38.3 Å². The Kier molecular flexibility index (Phi) is 4.45. The molecule has 0 amide bonds. The molecular formula is C13H26N2. The van der Waals surface area contributed by atoms with Crippen LogP contribution < -0.4 is 5.73 Å². The lowest BCUT2D eigenvalue weighted by Crippen LogP contribution is -2.27. The molecule has 1 atom stereocenters. The molecule has 0 radical (unpaired) electrons. The van der Waals surface area contributed by atoms with Crippen molar-refractivity contribution in [2.24, 2.45) is 11.7 Å². The predicted molar refractivity (Wildman–Crippen MR) is 64.8 cm³/mol. The van der Waals surface area contributed by atoms with Crippen LogP contribution in [0.25, 0.3) is 0 Å². The summed E-state index contributed by atoms with van der Waals surface area (Å²) in [5, 5.41) is 0. The van der Waals surface area contributed by atoms with Crippen molar-refractivity contribution in [2.75, 3.05) is 19.6 Å². The van der Waals surface area contributed by atoms with E-state index in [2.05, 4.69) is 4.90 Å². The molecule has 1 saturated heterocycles. The predicted octanol–water partition coefficient (Wildman–Crippen LogP) is 2.38. The van der Waals surface area contributed by atoms with Crippen LogP contribution in [0.15, 0.2) is 0 Å². The van der Waals surface area contributed by atoms with E-state index in [0.29, 0.717) is 6.04 Å². The van der Waals surface area contributed by atoms with Crippen molar-refractivity contribution in [3.05, 3.63) is 0 Å². The molecular weight excluding hydrogens is 184 g/mol. The number of likely N-dealkylation sites (tertiary alicyclic amines) is 1. The van der Waals surface area contributed by atoms with Crippen LogP contribution in [0.1, 0.15) is 51.4 Å². The molecule has 88 valence electrons. The minimum atomic E-state index is 0.458. The highest BCUT2D eigenvalue weighted by atomic mass is 15.2. The molecule has 0 aromatic rings. The van der Waals surface area contributed by atoms with Crippen LogP contribution in [-0.2, 0) is 0 Å². The SMILES string of the molecule is NC1CCN(CCCC2CCCCC2)C1. The minimum Gasteiger partial charge on any atom is -0.326 e. The lowest BCUT2D eigenvalue weighted by atomic mass is 9.86.